The van der Waals surface area contributed by atoms with Gasteiger partial charge in [0.2, 0.25) is 0 Å². The van der Waals surface area contributed by atoms with Crippen molar-refractivity contribution in [2.75, 3.05) is 13.1 Å². The molecule has 1 aromatic rings. The van der Waals surface area contributed by atoms with Crippen molar-refractivity contribution in [1.29, 1.82) is 0 Å². The van der Waals surface area contributed by atoms with E-state index in [9.17, 15) is 0 Å². The van der Waals surface area contributed by atoms with Gasteiger partial charge < -0.3 is 5.32 Å². The van der Waals surface area contributed by atoms with Crippen LogP contribution in [0.3, 0.4) is 0 Å². The average Bonchev–Trinajstić information content (AvgIpc) is 2.55. The van der Waals surface area contributed by atoms with Crippen molar-refractivity contribution < 1.29 is 0 Å². The van der Waals surface area contributed by atoms with E-state index in [0.29, 0.717) is 5.92 Å². The zero-order valence-corrected chi connectivity index (χ0v) is 6.62. The summed E-state index contributed by atoms with van der Waals surface area (Å²) < 4.78 is 1.86. The molecular weight excluding hydrogens is 140 g/mol. The van der Waals surface area contributed by atoms with E-state index in [1.165, 1.54) is 12.1 Å². The Labute approximate surface area is 65.6 Å². The van der Waals surface area contributed by atoms with E-state index in [1.54, 1.807) is 0 Å². The smallest absolute Gasteiger partial charge is 0.0728 e. The highest BCUT2D eigenvalue weighted by molar-refractivity contribution is 5.05. The Morgan fingerprint density at radius 1 is 1.73 bits per heavy atom. The predicted molar refractivity (Wildman–Crippen MR) is 41.2 cm³/mol. The summed E-state index contributed by atoms with van der Waals surface area (Å²) in [6, 6.07) is 0. The number of rotatable bonds is 1. The van der Waals surface area contributed by atoms with Crippen molar-refractivity contribution in [1.82, 2.24) is 20.3 Å². The molecule has 1 N–H and O–H groups in total. The molecule has 1 atom stereocenters. The molecule has 0 bridgehead atoms. The van der Waals surface area contributed by atoms with Crippen molar-refractivity contribution in [3.63, 3.8) is 0 Å². The van der Waals surface area contributed by atoms with Crippen molar-refractivity contribution in [2.45, 2.75) is 12.3 Å². The molecule has 0 spiro atoms. The number of nitrogens with zero attached hydrogens (tertiary/aromatic N) is 3. The maximum absolute atomic E-state index is 3.90. The third kappa shape index (κ3) is 1.14. The van der Waals surface area contributed by atoms with E-state index in [4.69, 9.17) is 0 Å². The van der Waals surface area contributed by atoms with Crippen LogP contribution in [0.25, 0.3) is 0 Å². The van der Waals surface area contributed by atoms with Crippen LogP contribution in [0.5, 0.6) is 0 Å². The minimum Gasteiger partial charge on any atom is -0.316 e. The minimum absolute atomic E-state index is 0.620. The normalized spacial score (nSPS) is 24.3. The maximum Gasteiger partial charge on any atom is 0.0728 e. The number of nitrogens with one attached hydrogen (secondary N) is 1. The summed E-state index contributed by atoms with van der Waals surface area (Å²) in [6.07, 6.45) is 3.07. The topological polar surface area (TPSA) is 42.7 Å². The lowest BCUT2D eigenvalue weighted by Gasteiger charge is -2.05. The first-order chi connectivity index (χ1) is 5.38. The Kier molecular flexibility index (Phi) is 1.62. The van der Waals surface area contributed by atoms with E-state index in [1.807, 2.05) is 17.9 Å². The molecule has 1 saturated heterocycles. The predicted octanol–water partition coefficient (Wildman–Crippen LogP) is -0.108. The number of hydrogen-bond donors (Lipinski definition) is 1. The van der Waals surface area contributed by atoms with E-state index in [0.717, 1.165) is 13.1 Å². The molecule has 0 aromatic carbocycles. The molecule has 4 heteroatoms. The van der Waals surface area contributed by atoms with Crippen LogP contribution >= 0.6 is 0 Å². The van der Waals surface area contributed by atoms with Gasteiger partial charge in [0.15, 0.2) is 0 Å². The van der Waals surface area contributed by atoms with Gasteiger partial charge in [-0.25, -0.2) is 0 Å². The second kappa shape index (κ2) is 2.62. The van der Waals surface area contributed by atoms with Gasteiger partial charge in [-0.1, -0.05) is 5.21 Å². The molecule has 1 fully saturated rings. The standard InChI is InChI=1S/C7H12N4/c1-11-7(5-9-10-11)6-2-3-8-4-6/h5-6,8H,2-4H2,1H3. The molecule has 0 amide bonds. The lowest BCUT2D eigenvalue weighted by atomic mass is 10.1. The van der Waals surface area contributed by atoms with Gasteiger partial charge in [-0.15, -0.1) is 5.10 Å². The molecule has 2 rings (SSSR count). The molecule has 2 heterocycles. The minimum atomic E-state index is 0.620. The van der Waals surface area contributed by atoms with Crippen LogP contribution in [0.1, 0.15) is 18.0 Å². The monoisotopic (exact) mass is 152 g/mol. The zero-order valence-electron chi connectivity index (χ0n) is 6.62. The number of hydrogen-bond acceptors (Lipinski definition) is 3. The van der Waals surface area contributed by atoms with Crippen LogP contribution in [0.2, 0.25) is 0 Å². The Bertz CT molecular complexity index is 236. The molecule has 0 radical (unpaired) electrons. The molecule has 4 nitrogen and oxygen atoms in total. The first kappa shape index (κ1) is 6.79. The summed E-state index contributed by atoms with van der Waals surface area (Å²) in [5.41, 5.74) is 1.25. The Hall–Kier alpha value is -0.900. The van der Waals surface area contributed by atoms with Crippen LogP contribution in [-0.4, -0.2) is 28.1 Å². The molecule has 1 aliphatic rings. The van der Waals surface area contributed by atoms with Gasteiger partial charge in [-0.3, -0.25) is 4.68 Å². The van der Waals surface area contributed by atoms with Crippen molar-refractivity contribution >= 4 is 0 Å². The van der Waals surface area contributed by atoms with Gasteiger partial charge in [0.25, 0.3) is 0 Å². The van der Waals surface area contributed by atoms with E-state index in [2.05, 4.69) is 15.6 Å². The first-order valence-corrected chi connectivity index (χ1v) is 3.93. The van der Waals surface area contributed by atoms with Gasteiger partial charge in [0.1, 0.15) is 0 Å². The third-order valence-electron chi connectivity index (χ3n) is 2.23. The average molecular weight is 152 g/mol. The second-order valence-corrected chi connectivity index (χ2v) is 2.97. The van der Waals surface area contributed by atoms with E-state index >= 15 is 0 Å². The Balaban J connectivity index is 2.21. The summed E-state index contributed by atoms with van der Waals surface area (Å²) in [6.45, 7) is 2.19. The zero-order chi connectivity index (χ0) is 7.68. The summed E-state index contributed by atoms with van der Waals surface area (Å²) in [7, 11) is 1.95. The van der Waals surface area contributed by atoms with Gasteiger partial charge in [0, 0.05) is 19.5 Å². The summed E-state index contributed by atoms with van der Waals surface area (Å²) >= 11 is 0. The van der Waals surface area contributed by atoms with Crippen molar-refractivity contribution in [3.05, 3.63) is 11.9 Å². The summed E-state index contributed by atoms with van der Waals surface area (Å²) in [4.78, 5) is 0. The van der Waals surface area contributed by atoms with Gasteiger partial charge in [0.05, 0.1) is 11.9 Å². The molecule has 60 valence electrons. The highest BCUT2D eigenvalue weighted by Crippen LogP contribution is 2.19. The molecule has 1 aromatic heterocycles. The Morgan fingerprint density at radius 3 is 3.18 bits per heavy atom. The summed E-state index contributed by atoms with van der Waals surface area (Å²) in [5, 5.41) is 11.1. The SMILES string of the molecule is Cn1nncc1C1CCNC1. The van der Waals surface area contributed by atoms with Gasteiger partial charge >= 0.3 is 0 Å². The van der Waals surface area contributed by atoms with Gasteiger partial charge in [-0.2, -0.15) is 0 Å². The van der Waals surface area contributed by atoms with Crippen molar-refractivity contribution in [2.24, 2.45) is 7.05 Å². The number of aromatic nitrogens is 3. The highest BCUT2D eigenvalue weighted by atomic mass is 15.4. The molecule has 0 saturated carbocycles. The second-order valence-electron chi connectivity index (χ2n) is 2.97. The largest absolute Gasteiger partial charge is 0.316 e. The lowest BCUT2D eigenvalue weighted by molar-refractivity contribution is 0.623. The molecule has 0 aliphatic carbocycles. The van der Waals surface area contributed by atoms with E-state index in [-0.39, 0.29) is 0 Å². The van der Waals surface area contributed by atoms with Crippen LogP contribution in [0.4, 0.5) is 0 Å². The Morgan fingerprint density at radius 2 is 2.64 bits per heavy atom. The van der Waals surface area contributed by atoms with Gasteiger partial charge in [-0.05, 0) is 13.0 Å². The summed E-state index contributed by atoms with van der Waals surface area (Å²) in [5.74, 6) is 0.620. The third-order valence-corrected chi connectivity index (χ3v) is 2.23. The molecule has 1 aliphatic heterocycles. The van der Waals surface area contributed by atoms with Crippen LogP contribution in [0.15, 0.2) is 6.20 Å². The van der Waals surface area contributed by atoms with Crippen LogP contribution in [0, 0.1) is 0 Å². The fourth-order valence-corrected chi connectivity index (χ4v) is 1.57. The van der Waals surface area contributed by atoms with Crippen LogP contribution < -0.4 is 5.32 Å². The quantitative estimate of drug-likeness (QED) is 0.610. The van der Waals surface area contributed by atoms with Crippen LogP contribution in [-0.2, 0) is 7.05 Å². The lowest BCUT2D eigenvalue weighted by Crippen LogP contribution is -2.10. The maximum atomic E-state index is 3.90. The van der Waals surface area contributed by atoms with Crippen molar-refractivity contribution in [3.8, 4) is 0 Å². The number of aryl methyl sites for hydroxylation is 1. The van der Waals surface area contributed by atoms with E-state index < -0.39 is 0 Å². The highest BCUT2D eigenvalue weighted by Gasteiger charge is 2.19. The fraction of sp³-hybridized carbons (Fsp3) is 0.714. The molecule has 1 unspecified atom stereocenters. The first-order valence-electron chi connectivity index (χ1n) is 3.93. The fourth-order valence-electron chi connectivity index (χ4n) is 1.57. The molecular formula is C7H12N4. The molecule has 11 heavy (non-hydrogen) atoms.